The molecule has 173 valence electrons. The minimum Gasteiger partial charge on any atom is -0.691 e. The molecule has 0 aromatic carbocycles. The van der Waals surface area contributed by atoms with Gasteiger partial charge < -0.3 is 47.7 Å². The standard InChI is InChI=1S/2C7H15O2PS2.C2H4O2.Sb/c2*1-3-7(4-2)5-8-10(11,12)9-6-7;1-2(3)4;/h2*3-6H2,1-2H3,(H,11,12);1H3,(H,3,4);/p-2. The molecule has 2 aliphatic rings. The Bertz CT molecular complexity index is 512. The van der Waals surface area contributed by atoms with Crippen molar-refractivity contribution in [3.8, 4) is 0 Å². The largest absolute Gasteiger partial charge is 0.691 e. The fourth-order valence-electron chi connectivity index (χ4n) is 2.34. The van der Waals surface area contributed by atoms with E-state index in [1.807, 2.05) is 0 Å². The zero-order valence-electron chi connectivity index (χ0n) is 17.6. The predicted octanol–water partition coefficient (Wildman–Crippen LogP) is 4.93. The molecule has 0 amide bonds. The van der Waals surface area contributed by atoms with Gasteiger partial charge >= 0.3 is 0 Å². The molecule has 0 aliphatic carbocycles. The Morgan fingerprint density at radius 1 is 0.828 bits per heavy atom. The third-order valence-corrected chi connectivity index (χ3v) is 9.43. The van der Waals surface area contributed by atoms with Crippen molar-refractivity contribution >= 4 is 89.9 Å². The summed E-state index contributed by atoms with van der Waals surface area (Å²) < 4.78 is 21.5. The van der Waals surface area contributed by atoms with Crippen LogP contribution in [0.5, 0.6) is 0 Å². The molecule has 13 heteroatoms. The van der Waals surface area contributed by atoms with Crippen molar-refractivity contribution in [3.63, 3.8) is 0 Å². The van der Waals surface area contributed by atoms with E-state index in [0.29, 0.717) is 26.4 Å². The van der Waals surface area contributed by atoms with Crippen LogP contribution in [0.25, 0.3) is 0 Å². The molecule has 0 atom stereocenters. The van der Waals surface area contributed by atoms with E-state index in [1.165, 1.54) is 0 Å². The number of carbonyl (C=O) groups is 1. The Balaban J connectivity index is 0. The van der Waals surface area contributed by atoms with Crippen LogP contribution in [0.4, 0.5) is 0 Å². The van der Waals surface area contributed by atoms with Crippen LogP contribution in [0.3, 0.4) is 0 Å². The van der Waals surface area contributed by atoms with Crippen LogP contribution >= 0.6 is 11.4 Å². The van der Waals surface area contributed by atoms with Crippen LogP contribution in [-0.4, -0.2) is 61.9 Å². The first kappa shape index (κ1) is 33.3. The van der Waals surface area contributed by atoms with Gasteiger partial charge in [0.25, 0.3) is 5.97 Å². The van der Waals surface area contributed by atoms with Crippen LogP contribution < -0.4 is 0 Å². The van der Waals surface area contributed by atoms with Gasteiger partial charge in [-0.3, -0.25) is 4.79 Å². The third-order valence-electron chi connectivity index (χ3n) is 5.12. The number of carboxylic acid groups (broad SMARTS) is 1. The van der Waals surface area contributed by atoms with Crippen molar-refractivity contribution in [3.05, 3.63) is 0 Å². The van der Waals surface area contributed by atoms with Crippen molar-refractivity contribution < 1.29 is 28.0 Å². The third kappa shape index (κ3) is 13.4. The summed E-state index contributed by atoms with van der Waals surface area (Å²) in [5.41, 5.74) is -4.22. The van der Waals surface area contributed by atoms with Gasteiger partial charge in [-0.15, -0.1) is 0 Å². The summed E-state index contributed by atoms with van der Waals surface area (Å²) in [7, 11) is 0. The van der Waals surface area contributed by atoms with Crippen molar-refractivity contribution in [2.45, 2.75) is 60.3 Å². The summed E-state index contributed by atoms with van der Waals surface area (Å²) in [4.78, 5) is 9.00. The van der Waals surface area contributed by atoms with Crippen LogP contribution in [0, 0.1) is 10.8 Å². The molecule has 2 fully saturated rings. The van der Waals surface area contributed by atoms with Gasteiger partial charge in [0.1, 0.15) is 0 Å². The van der Waals surface area contributed by atoms with Crippen LogP contribution in [0.1, 0.15) is 60.3 Å². The first-order valence-electron chi connectivity index (χ1n) is 9.20. The van der Waals surface area contributed by atoms with Gasteiger partial charge in [0.2, 0.25) is 0 Å². The fourth-order valence-corrected chi connectivity index (χ4v) is 5.48. The molecule has 29 heavy (non-hydrogen) atoms. The average Bonchev–Trinajstić information content (AvgIpc) is 2.63. The van der Waals surface area contributed by atoms with Gasteiger partial charge in [-0.2, -0.15) is 0 Å². The Morgan fingerprint density at radius 3 is 1.14 bits per heavy atom. The summed E-state index contributed by atoms with van der Waals surface area (Å²) in [5, 5.41) is 7.42. The number of hydrogen-bond donors (Lipinski definition) is 1. The summed E-state index contributed by atoms with van der Waals surface area (Å²) in [6.07, 6.45) is 4.25. The maximum atomic E-state index is 9.00. The van der Waals surface area contributed by atoms with Gasteiger partial charge in [0, 0.05) is 42.2 Å². The molecule has 1 N–H and O–H groups in total. The van der Waals surface area contributed by atoms with E-state index in [1.54, 1.807) is 0 Å². The number of aliphatic carboxylic acids is 1. The molecule has 0 bridgehead atoms. The summed E-state index contributed by atoms with van der Waals surface area (Å²) in [5.74, 6) is -0.833. The van der Waals surface area contributed by atoms with Crippen LogP contribution in [0.2, 0.25) is 0 Å². The van der Waals surface area contributed by atoms with Crippen LogP contribution in [-0.2, 0) is 71.0 Å². The van der Waals surface area contributed by atoms with Crippen molar-refractivity contribution in [1.29, 1.82) is 0 Å². The van der Waals surface area contributed by atoms with Crippen molar-refractivity contribution in [1.82, 2.24) is 0 Å². The van der Waals surface area contributed by atoms with Gasteiger partial charge in [-0.1, -0.05) is 51.3 Å². The topological polar surface area (TPSA) is 74.2 Å². The van der Waals surface area contributed by atoms with E-state index in [2.05, 4.69) is 27.7 Å². The maximum absolute atomic E-state index is 9.00. The molecule has 0 aromatic heterocycles. The summed E-state index contributed by atoms with van der Waals surface area (Å²) >= 11 is 19.9. The number of carboxylic acids is 1. The summed E-state index contributed by atoms with van der Waals surface area (Å²) in [6.45, 7) is 12.4. The quantitative estimate of drug-likeness (QED) is 0.262. The van der Waals surface area contributed by atoms with Crippen molar-refractivity contribution in [2.75, 3.05) is 26.4 Å². The van der Waals surface area contributed by atoms with E-state index in [0.717, 1.165) is 32.6 Å². The second-order valence-electron chi connectivity index (χ2n) is 6.92. The van der Waals surface area contributed by atoms with E-state index >= 15 is 0 Å². The SMILES string of the molecule is CC(=O)O.CCC1(CC)COP(=S)([S-])OC1.CCC1(CC)COP(=S)([S-])OC1.[Sb]. The average molecular weight is 632 g/mol. The van der Waals surface area contributed by atoms with E-state index in [9.17, 15) is 0 Å². The zero-order valence-corrected chi connectivity index (χ0v) is 25.2. The number of hydrogen-bond acceptors (Lipinski definition) is 9. The molecular weight excluding hydrogens is 600 g/mol. The Kier molecular flexibility index (Phi) is 17.4. The fraction of sp³-hybridized carbons (Fsp3) is 0.938. The Hall–Kier alpha value is 2.13. The molecule has 2 saturated heterocycles. The minimum absolute atomic E-state index is 0. The number of rotatable bonds is 4. The van der Waals surface area contributed by atoms with Crippen LogP contribution in [0.15, 0.2) is 0 Å². The normalized spacial score (nSPS) is 23.1. The van der Waals surface area contributed by atoms with E-state index in [-0.39, 0.29) is 35.3 Å². The molecule has 3 radical (unpaired) electrons. The zero-order chi connectivity index (χ0) is 22.1. The second kappa shape index (κ2) is 15.1. The molecule has 2 aliphatic heterocycles. The molecule has 0 spiro atoms. The van der Waals surface area contributed by atoms with Gasteiger partial charge in [-0.25, -0.2) is 0 Å². The van der Waals surface area contributed by atoms with E-state index < -0.39 is 17.4 Å². The first-order chi connectivity index (χ1) is 12.8. The molecule has 0 saturated carbocycles. The van der Waals surface area contributed by atoms with Gasteiger partial charge in [0.05, 0.1) is 37.8 Å². The first-order valence-corrected chi connectivity index (χ1v) is 16.5. The Labute approximate surface area is 214 Å². The molecule has 2 heterocycles. The second-order valence-corrected chi connectivity index (χ2v) is 16.9. The van der Waals surface area contributed by atoms with Crippen molar-refractivity contribution in [2.24, 2.45) is 10.8 Å². The molecule has 0 unspecified atom stereocenters. The molecule has 0 aromatic rings. The smallest absolute Gasteiger partial charge is 0.300 e. The Morgan fingerprint density at radius 2 is 1.00 bits per heavy atom. The molecular formula is C16H32O6P2S4Sb-2. The predicted molar refractivity (Wildman–Crippen MR) is 132 cm³/mol. The van der Waals surface area contributed by atoms with Gasteiger partial charge in [-0.05, 0) is 25.7 Å². The van der Waals surface area contributed by atoms with Gasteiger partial charge in [0.15, 0.2) is 0 Å². The molecule has 6 nitrogen and oxygen atoms in total. The minimum atomic E-state index is -2.28. The summed E-state index contributed by atoms with van der Waals surface area (Å²) in [6, 6.07) is 0. The monoisotopic (exact) mass is 631 g/mol. The van der Waals surface area contributed by atoms with E-state index in [4.69, 9.17) is 76.1 Å². The maximum Gasteiger partial charge on any atom is 0.300 e. The molecule has 2 rings (SSSR count).